The van der Waals surface area contributed by atoms with Crippen LogP contribution in [0, 0.1) is 6.92 Å². The molecular weight excluding hydrogens is 568 g/mol. The van der Waals surface area contributed by atoms with E-state index in [-0.39, 0.29) is 21.4 Å². The van der Waals surface area contributed by atoms with Crippen molar-refractivity contribution >= 4 is 52.7 Å². The molecule has 208 valence electrons. The van der Waals surface area contributed by atoms with Crippen molar-refractivity contribution in [1.82, 2.24) is 4.57 Å². The van der Waals surface area contributed by atoms with Gasteiger partial charge in [-0.25, -0.2) is 4.79 Å². The standard InChI is InChI=1S/C25H21ClF4N2O6S/c1-3-36-22(34)11-21-32(12-20(33)31-17-6-4-5-16(26)13(17)2)23(35)19(39-21)9-14-7-8-15(37-24(27)28)10-18(14)38-25(29)30/h4-11,24-25H,3,12H2,1-2H3,(H,31,33)/b19-9-,21-11-. The minimum Gasteiger partial charge on any atom is -0.463 e. The second-order valence-corrected chi connectivity index (χ2v) is 9.12. The summed E-state index contributed by atoms with van der Waals surface area (Å²) in [5.74, 6) is -2.36. The number of benzene rings is 2. The number of halogens is 5. The number of carbonyl (C=O) groups excluding carboxylic acids is 2. The highest BCUT2D eigenvalue weighted by molar-refractivity contribution is 7.07. The van der Waals surface area contributed by atoms with Crippen LogP contribution < -0.4 is 29.5 Å². The average molecular weight is 589 g/mol. The molecule has 14 heteroatoms. The zero-order valence-electron chi connectivity index (χ0n) is 20.4. The minimum absolute atomic E-state index is 0.0386. The van der Waals surface area contributed by atoms with Gasteiger partial charge < -0.3 is 19.5 Å². The summed E-state index contributed by atoms with van der Waals surface area (Å²) < 4.78 is 65.6. The Hall–Kier alpha value is -3.84. The summed E-state index contributed by atoms with van der Waals surface area (Å²) in [7, 11) is 0. The number of nitrogens with one attached hydrogen (secondary N) is 1. The summed E-state index contributed by atoms with van der Waals surface area (Å²) in [5.41, 5.74) is 0.218. The van der Waals surface area contributed by atoms with Gasteiger partial charge in [0, 0.05) is 22.3 Å². The van der Waals surface area contributed by atoms with Crippen molar-refractivity contribution in [1.29, 1.82) is 0 Å². The van der Waals surface area contributed by atoms with Gasteiger partial charge in [-0.05, 0) is 49.8 Å². The Bertz CT molecular complexity index is 1540. The molecule has 2 aromatic carbocycles. The predicted octanol–water partition coefficient (Wildman–Crippen LogP) is 3.89. The van der Waals surface area contributed by atoms with E-state index < -0.39 is 48.7 Å². The van der Waals surface area contributed by atoms with E-state index in [2.05, 4.69) is 14.8 Å². The maximum Gasteiger partial charge on any atom is 0.387 e. The van der Waals surface area contributed by atoms with Gasteiger partial charge in [-0.15, -0.1) is 11.3 Å². The minimum atomic E-state index is -3.30. The highest BCUT2D eigenvalue weighted by atomic mass is 35.5. The SMILES string of the molecule is CCOC(=O)/C=c1\s/c(=C\c2ccc(OC(F)F)cc2OC(F)F)c(=O)n1CC(=O)Nc1cccc(Cl)c1C. The van der Waals surface area contributed by atoms with Crippen LogP contribution in [-0.2, 0) is 20.9 Å². The second-order valence-electron chi connectivity index (χ2n) is 7.65. The number of hydrogen-bond donors (Lipinski definition) is 1. The van der Waals surface area contributed by atoms with Crippen LogP contribution in [-0.4, -0.2) is 36.3 Å². The van der Waals surface area contributed by atoms with Crippen LogP contribution in [0.1, 0.15) is 18.1 Å². The molecule has 0 bridgehead atoms. The third kappa shape index (κ3) is 8.07. The van der Waals surface area contributed by atoms with Gasteiger partial charge in [-0.3, -0.25) is 14.2 Å². The Labute approximate surface area is 227 Å². The fraction of sp³-hybridized carbons (Fsp3) is 0.240. The Morgan fingerprint density at radius 1 is 1.13 bits per heavy atom. The lowest BCUT2D eigenvalue weighted by Crippen LogP contribution is -2.36. The molecule has 0 atom stereocenters. The number of aromatic nitrogens is 1. The zero-order valence-corrected chi connectivity index (χ0v) is 22.0. The number of amides is 1. The van der Waals surface area contributed by atoms with Crippen LogP contribution in [0.4, 0.5) is 23.2 Å². The maximum atomic E-state index is 13.2. The Balaban J connectivity index is 2.08. The van der Waals surface area contributed by atoms with E-state index in [1.54, 1.807) is 32.0 Å². The van der Waals surface area contributed by atoms with Gasteiger partial charge in [-0.2, -0.15) is 17.6 Å². The normalized spacial score (nSPS) is 12.2. The molecule has 1 aromatic heterocycles. The van der Waals surface area contributed by atoms with Gasteiger partial charge in [0.1, 0.15) is 22.7 Å². The molecule has 3 aromatic rings. The highest BCUT2D eigenvalue weighted by Gasteiger charge is 2.16. The number of thiazole rings is 1. The molecule has 0 saturated carbocycles. The van der Waals surface area contributed by atoms with Gasteiger partial charge >= 0.3 is 19.2 Å². The molecule has 0 aliphatic carbocycles. The number of rotatable bonds is 10. The van der Waals surface area contributed by atoms with Gasteiger partial charge in [0.2, 0.25) is 5.91 Å². The summed E-state index contributed by atoms with van der Waals surface area (Å²) in [6.45, 7) is -3.68. The molecule has 0 saturated heterocycles. The third-order valence-electron chi connectivity index (χ3n) is 5.02. The predicted molar refractivity (Wildman–Crippen MR) is 137 cm³/mol. The van der Waals surface area contributed by atoms with E-state index in [9.17, 15) is 31.9 Å². The van der Waals surface area contributed by atoms with Gasteiger partial charge in [-0.1, -0.05) is 17.7 Å². The molecule has 8 nitrogen and oxygen atoms in total. The first-order chi connectivity index (χ1) is 18.5. The summed E-state index contributed by atoms with van der Waals surface area (Å²) in [4.78, 5) is 38.2. The lowest BCUT2D eigenvalue weighted by atomic mass is 10.2. The largest absolute Gasteiger partial charge is 0.463 e. The van der Waals surface area contributed by atoms with E-state index in [0.717, 1.165) is 46.3 Å². The van der Waals surface area contributed by atoms with E-state index in [1.165, 1.54) is 0 Å². The lowest BCUT2D eigenvalue weighted by Gasteiger charge is -2.11. The number of carbonyl (C=O) groups is 2. The molecule has 1 amide bonds. The molecule has 0 radical (unpaired) electrons. The first kappa shape index (κ1) is 29.7. The molecule has 0 aliphatic heterocycles. The van der Waals surface area contributed by atoms with Crippen LogP contribution in [0.3, 0.4) is 0 Å². The lowest BCUT2D eigenvalue weighted by molar-refractivity contribution is -0.135. The van der Waals surface area contributed by atoms with Crippen molar-refractivity contribution in [2.24, 2.45) is 0 Å². The molecule has 0 aliphatic rings. The molecule has 0 fully saturated rings. The van der Waals surface area contributed by atoms with Crippen molar-refractivity contribution in [2.75, 3.05) is 11.9 Å². The maximum absolute atomic E-state index is 13.2. The van der Waals surface area contributed by atoms with Gasteiger partial charge in [0.05, 0.1) is 17.2 Å². The van der Waals surface area contributed by atoms with Crippen LogP contribution in [0.25, 0.3) is 12.2 Å². The van der Waals surface area contributed by atoms with E-state index in [1.807, 2.05) is 0 Å². The smallest absolute Gasteiger partial charge is 0.387 e. The number of esters is 1. The quantitative estimate of drug-likeness (QED) is 0.285. The fourth-order valence-electron chi connectivity index (χ4n) is 3.30. The van der Waals surface area contributed by atoms with Crippen molar-refractivity contribution in [3.8, 4) is 11.5 Å². The van der Waals surface area contributed by atoms with Crippen molar-refractivity contribution < 1.29 is 41.4 Å². The van der Waals surface area contributed by atoms with Gasteiger partial charge in [0.15, 0.2) is 0 Å². The van der Waals surface area contributed by atoms with Gasteiger partial charge in [0.25, 0.3) is 5.56 Å². The molecular formula is C25H21ClF4N2O6S. The first-order valence-electron chi connectivity index (χ1n) is 11.2. The summed E-state index contributed by atoms with van der Waals surface area (Å²) in [5, 5.41) is 3.06. The number of nitrogens with zero attached hydrogens (tertiary/aromatic N) is 1. The number of ether oxygens (including phenoxy) is 3. The molecule has 39 heavy (non-hydrogen) atoms. The number of alkyl halides is 4. The average Bonchev–Trinajstić information content (AvgIpc) is 3.11. The van der Waals surface area contributed by atoms with E-state index in [0.29, 0.717) is 16.3 Å². The van der Waals surface area contributed by atoms with Crippen LogP contribution >= 0.6 is 22.9 Å². The second kappa shape index (κ2) is 13.3. The topological polar surface area (TPSA) is 95.9 Å². The molecule has 0 unspecified atom stereocenters. The molecule has 1 heterocycles. The molecule has 1 N–H and O–H groups in total. The van der Waals surface area contributed by atoms with E-state index in [4.69, 9.17) is 16.3 Å². The van der Waals surface area contributed by atoms with Crippen molar-refractivity contribution in [2.45, 2.75) is 33.6 Å². The monoisotopic (exact) mass is 588 g/mol. The fourth-order valence-corrected chi connectivity index (χ4v) is 4.50. The summed E-state index contributed by atoms with van der Waals surface area (Å²) in [6, 6.07) is 7.93. The first-order valence-corrected chi connectivity index (χ1v) is 12.4. The number of anilines is 1. The van der Waals surface area contributed by atoms with E-state index >= 15 is 0 Å². The van der Waals surface area contributed by atoms with Crippen molar-refractivity contribution in [3.63, 3.8) is 0 Å². The van der Waals surface area contributed by atoms with Crippen LogP contribution in [0.2, 0.25) is 5.02 Å². The Kier molecular flexibility index (Phi) is 10.1. The van der Waals surface area contributed by atoms with Crippen molar-refractivity contribution in [3.05, 3.63) is 72.1 Å². The summed E-state index contributed by atoms with van der Waals surface area (Å²) in [6.07, 6.45) is 2.18. The number of hydrogen-bond acceptors (Lipinski definition) is 7. The molecule has 0 spiro atoms. The Morgan fingerprint density at radius 3 is 2.51 bits per heavy atom. The zero-order chi connectivity index (χ0) is 28.7. The summed E-state index contributed by atoms with van der Waals surface area (Å²) >= 11 is 6.86. The Morgan fingerprint density at radius 2 is 1.85 bits per heavy atom. The molecule has 3 rings (SSSR count). The third-order valence-corrected chi connectivity index (χ3v) is 6.49. The van der Waals surface area contributed by atoms with Crippen LogP contribution in [0.15, 0.2) is 41.2 Å². The van der Waals surface area contributed by atoms with Crippen LogP contribution in [0.5, 0.6) is 11.5 Å². The highest BCUT2D eigenvalue weighted by Crippen LogP contribution is 2.28.